The van der Waals surface area contributed by atoms with Crippen LogP contribution in [0.25, 0.3) is 10.9 Å². The molecule has 2 N–H and O–H groups in total. The number of β-amino-alcohol motifs (C(OH)–C–C–N with tert-alkyl or cyclic N) is 1. The maximum atomic E-state index is 12.3. The van der Waals surface area contributed by atoms with Crippen molar-refractivity contribution in [2.45, 2.75) is 6.10 Å². The van der Waals surface area contributed by atoms with Crippen LogP contribution in [-0.4, -0.2) is 78.7 Å². The molecule has 1 atom stereocenters. The molecule has 3 aromatic rings. The number of rotatable bonds is 8. The summed E-state index contributed by atoms with van der Waals surface area (Å²) in [6, 6.07) is 16.3. The van der Waals surface area contributed by atoms with Gasteiger partial charge in [0.1, 0.15) is 5.75 Å². The van der Waals surface area contributed by atoms with Crippen molar-refractivity contribution in [1.29, 1.82) is 5.26 Å². The molecule has 1 aromatic heterocycles. The second kappa shape index (κ2) is 11.1. The Morgan fingerprint density at radius 3 is 2.74 bits per heavy atom. The van der Waals surface area contributed by atoms with E-state index in [-0.39, 0.29) is 5.91 Å². The van der Waals surface area contributed by atoms with E-state index in [2.05, 4.69) is 26.2 Å². The van der Waals surface area contributed by atoms with Gasteiger partial charge in [0, 0.05) is 63.0 Å². The summed E-state index contributed by atoms with van der Waals surface area (Å²) in [5.74, 6) is 0.576. The lowest BCUT2D eigenvalue weighted by atomic mass is 10.0. The van der Waals surface area contributed by atoms with Gasteiger partial charge in [-0.05, 0) is 48.0 Å². The number of nitrogens with zero attached hydrogens (tertiary/aromatic N) is 4. The Morgan fingerprint density at radius 1 is 1.18 bits per heavy atom. The third-order valence-electron chi connectivity index (χ3n) is 6.20. The number of aliphatic hydroxyl groups excluding tert-OH is 1. The number of amides is 1. The lowest BCUT2D eigenvalue weighted by molar-refractivity contribution is 0.0725. The highest BCUT2D eigenvalue weighted by Crippen LogP contribution is 2.27. The summed E-state index contributed by atoms with van der Waals surface area (Å²) in [6.45, 7) is 5.30. The minimum atomic E-state index is -0.618. The van der Waals surface area contributed by atoms with Gasteiger partial charge in [0.15, 0.2) is 0 Å². The van der Waals surface area contributed by atoms with Gasteiger partial charge in [0.05, 0.1) is 30.4 Å². The lowest BCUT2D eigenvalue weighted by Crippen LogP contribution is -2.49. The van der Waals surface area contributed by atoms with Gasteiger partial charge >= 0.3 is 0 Å². The van der Waals surface area contributed by atoms with Gasteiger partial charge in [-0.1, -0.05) is 6.07 Å². The number of carbonyl (C=O) groups excluding carboxylic acids is 1. The second-order valence-corrected chi connectivity index (χ2v) is 8.39. The van der Waals surface area contributed by atoms with Crippen LogP contribution < -0.4 is 10.1 Å². The summed E-state index contributed by atoms with van der Waals surface area (Å²) in [5, 5.41) is 23.8. The normalized spacial score (nSPS) is 15.6. The number of aliphatic hydroxyl groups is 1. The molecule has 0 spiro atoms. The fraction of sp³-hybridized carbons (Fsp3) is 0.346. The molecule has 2 aromatic carbocycles. The third kappa shape index (κ3) is 5.69. The fourth-order valence-electron chi connectivity index (χ4n) is 4.26. The van der Waals surface area contributed by atoms with Crippen molar-refractivity contribution >= 4 is 16.8 Å². The molecule has 1 fully saturated rings. The topological polar surface area (TPSA) is 102 Å². The molecule has 2 heterocycles. The minimum Gasteiger partial charge on any atom is -0.497 e. The molecule has 4 rings (SSSR count). The van der Waals surface area contributed by atoms with Crippen LogP contribution in [0.4, 0.5) is 0 Å². The number of benzene rings is 2. The van der Waals surface area contributed by atoms with E-state index < -0.39 is 6.10 Å². The average molecular weight is 460 g/mol. The molecule has 1 unspecified atom stereocenters. The zero-order chi connectivity index (χ0) is 23.9. The summed E-state index contributed by atoms with van der Waals surface area (Å²) in [5.41, 5.74) is 2.67. The van der Waals surface area contributed by atoms with Gasteiger partial charge in [-0.15, -0.1) is 0 Å². The number of carbonyl (C=O) groups is 1. The van der Waals surface area contributed by atoms with Gasteiger partial charge < -0.3 is 15.2 Å². The van der Waals surface area contributed by atoms with Crippen molar-refractivity contribution in [3.8, 4) is 11.8 Å². The van der Waals surface area contributed by atoms with Crippen LogP contribution in [0.15, 0.2) is 54.7 Å². The molecule has 1 saturated heterocycles. The maximum absolute atomic E-state index is 12.3. The van der Waals surface area contributed by atoms with Crippen LogP contribution in [-0.2, 0) is 0 Å². The highest BCUT2D eigenvalue weighted by Gasteiger charge is 2.21. The number of ether oxygens (including phenoxy) is 1. The molecule has 34 heavy (non-hydrogen) atoms. The van der Waals surface area contributed by atoms with Crippen molar-refractivity contribution in [2.24, 2.45) is 0 Å². The van der Waals surface area contributed by atoms with Gasteiger partial charge in [0.25, 0.3) is 5.91 Å². The number of pyridine rings is 1. The van der Waals surface area contributed by atoms with Gasteiger partial charge in [-0.3, -0.25) is 19.6 Å². The largest absolute Gasteiger partial charge is 0.497 e. The van der Waals surface area contributed by atoms with Gasteiger partial charge in [-0.25, -0.2) is 0 Å². The molecule has 0 radical (unpaired) electrons. The Balaban J connectivity index is 1.25. The van der Waals surface area contributed by atoms with Gasteiger partial charge in [0.2, 0.25) is 0 Å². The monoisotopic (exact) mass is 459 g/mol. The van der Waals surface area contributed by atoms with Crippen molar-refractivity contribution < 1.29 is 14.6 Å². The predicted octanol–water partition coefficient (Wildman–Crippen LogP) is 2.20. The molecule has 8 nitrogen and oxygen atoms in total. The van der Waals surface area contributed by atoms with E-state index in [0.29, 0.717) is 24.2 Å². The summed E-state index contributed by atoms with van der Waals surface area (Å²) in [7, 11) is 1.63. The first-order valence-electron chi connectivity index (χ1n) is 11.4. The molecule has 0 aliphatic carbocycles. The maximum Gasteiger partial charge on any atom is 0.251 e. The summed E-state index contributed by atoms with van der Waals surface area (Å²) >= 11 is 0. The van der Waals surface area contributed by atoms with Crippen LogP contribution in [0.2, 0.25) is 0 Å². The smallest absolute Gasteiger partial charge is 0.251 e. The molecule has 1 aliphatic rings. The molecular formula is C26H29N5O3. The zero-order valence-electron chi connectivity index (χ0n) is 19.3. The molecule has 1 amide bonds. The fourth-order valence-corrected chi connectivity index (χ4v) is 4.26. The summed E-state index contributed by atoms with van der Waals surface area (Å²) in [4.78, 5) is 21.3. The van der Waals surface area contributed by atoms with Gasteiger partial charge in [-0.2, -0.15) is 5.26 Å². The number of nitriles is 1. The number of fused-ring (bicyclic) bond motifs is 1. The van der Waals surface area contributed by atoms with Crippen molar-refractivity contribution in [2.75, 3.05) is 52.9 Å². The van der Waals surface area contributed by atoms with E-state index in [1.807, 2.05) is 24.3 Å². The lowest BCUT2D eigenvalue weighted by Gasteiger charge is -2.35. The highest BCUT2D eigenvalue weighted by molar-refractivity contribution is 5.94. The highest BCUT2D eigenvalue weighted by atomic mass is 16.5. The first-order chi connectivity index (χ1) is 16.6. The average Bonchev–Trinajstić information content (AvgIpc) is 2.88. The predicted molar refractivity (Wildman–Crippen MR) is 130 cm³/mol. The number of methoxy groups -OCH3 is 1. The Kier molecular flexibility index (Phi) is 7.70. The zero-order valence-corrected chi connectivity index (χ0v) is 19.3. The number of hydrogen-bond donors (Lipinski definition) is 2. The van der Waals surface area contributed by atoms with Crippen LogP contribution in [0.3, 0.4) is 0 Å². The SMILES string of the molecule is COc1ccc2nccc(C(O)CN3CCN(CCNC(=O)c4cccc(C#N)c4)CC3)c2c1. The minimum absolute atomic E-state index is 0.167. The van der Waals surface area contributed by atoms with Crippen LogP contribution >= 0.6 is 0 Å². The van der Waals surface area contributed by atoms with E-state index in [1.54, 1.807) is 37.6 Å². The Morgan fingerprint density at radius 2 is 1.97 bits per heavy atom. The molecule has 1 aliphatic heterocycles. The Bertz CT molecular complexity index is 1180. The first-order valence-corrected chi connectivity index (χ1v) is 11.4. The number of hydrogen-bond acceptors (Lipinski definition) is 7. The third-order valence-corrected chi connectivity index (χ3v) is 6.20. The standard InChI is InChI=1S/C26H29N5O3/c1-34-21-5-6-24-23(16-21)22(7-8-28-24)25(32)18-31-13-11-30(12-14-31)10-9-29-26(33)20-4-2-3-19(15-20)17-27/h2-8,15-16,25,32H,9-14,18H2,1H3,(H,29,33). The molecule has 0 bridgehead atoms. The van der Waals surface area contributed by atoms with E-state index in [9.17, 15) is 9.90 Å². The van der Waals surface area contributed by atoms with Crippen molar-refractivity contribution in [3.63, 3.8) is 0 Å². The molecular weight excluding hydrogens is 430 g/mol. The van der Waals surface area contributed by atoms with Crippen LogP contribution in [0.1, 0.15) is 27.6 Å². The molecule has 176 valence electrons. The van der Waals surface area contributed by atoms with E-state index in [4.69, 9.17) is 10.00 Å². The summed E-state index contributed by atoms with van der Waals surface area (Å²) < 4.78 is 5.34. The summed E-state index contributed by atoms with van der Waals surface area (Å²) in [6.07, 6.45) is 1.11. The van der Waals surface area contributed by atoms with Crippen LogP contribution in [0.5, 0.6) is 5.75 Å². The van der Waals surface area contributed by atoms with Crippen LogP contribution in [0, 0.1) is 11.3 Å². The molecule has 0 saturated carbocycles. The van der Waals surface area contributed by atoms with E-state index >= 15 is 0 Å². The van der Waals surface area contributed by atoms with E-state index in [1.165, 1.54) is 0 Å². The Hall–Kier alpha value is -3.51. The quantitative estimate of drug-likeness (QED) is 0.532. The number of piperazine rings is 1. The second-order valence-electron chi connectivity index (χ2n) is 8.39. The van der Waals surface area contributed by atoms with Crippen molar-refractivity contribution in [3.05, 3.63) is 71.4 Å². The first kappa shape index (κ1) is 23.6. The number of aromatic nitrogens is 1. The van der Waals surface area contributed by atoms with E-state index in [0.717, 1.165) is 54.9 Å². The van der Waals surface area contributed by atoms with Crippen molar-refractivity contribution in [1.82, 2.24) is 20.1 Å². The number of nitrogens with one attached hydrogen (secondary N) is 1. The molecule has 8 heteroatoms. The Labute approximate surface area is 199 Å².